The van der Waals surface area contributed by atoms with Crippen molar-refractivity contribution in [2.24, 2.45) is 0 Å². The molecule has 1 aromatic carbocycles. The zero-order valence-electron chi connectivity index (χ0n) is 11.9. The molecule has 19 heavy (non-hydrogen) atoms. The van der Waals surface area contributed by atoms with Crippen LogP contribution in [0.25, 0.3) is 0 Å². The van der Waals surface area contributed by atoms with Crippen molar-refractivity contribution in [3.8, 4) is 5.75 Å². The van der Waals surface area contributed by atoms with E-state index >= 15 is 0 Å². The first-order valence-electron chi connectivity index (χ1n) is 6.54. The van der Waals surface area contributed by atoms with Crippen LogP contribution in [-0.2, 0) is 4.79 Å². The van der Waals surface area contributed by atoms with Gasteiger partial charge in [0.1, 0.15) is 12.4 Å². The van der Waals surface area contributed by atoms with Crippen LogP contribution >= 0.6 is 11.6 Å². The number of ether oxygens (including phenoxy) is 1. The van der Waals surface area contributed by atoms with Gasteiger partial charge < -0.3 is 9.64 Å². The molecule has 0 radical (unpaired) electrons. The third kappa shape index (κ3) is 5.52. The standard InChI is InChI=1S/C15H22ClNO2/c1-12-6-7-13(2)14(11-12)19-10-9-17(3)15(18)5-4-8-16/h6-7,11H,4-5,8-10H2,1-3H3. The molecule has 1 aromatic rings. The van der Waals surface area contributed by atoms with Gasteiger partial charge in [0, 0.05) is 19.3 Å². The number of alkyl halides is 1. The molecule has 0 unspecified atom stereocenters. The largest absolute Gasteiger partial charge is 0.491 e. The second-order valence-corrected chi connectivity index (χ2v) is 5.10. The van der Waals surface area contributed by atoms with Gasteiger partial charge >= 0.3 is 0 Å². The summed E-state index contributed by atoms with van der Waals surface area (Å²) in [6, 6.07) is 6.12. The number of halogens is 1. The molecule has 0 spiro atoms. The molecule has 0 aromatic heterocycles. The molecule has 1 rings (SSSR count). The molecule has 0 saturated heterocycles. The van der Waals surface area contributed by atoms with Crippen LogP contribution < -0.4 is 4.74 Å². The van der Waals surface area contributed by atoms with Crippen LogP contribution in [-0.4, -0.2) is 36.9 Å². The lowest BCUT2D eigenvalue weighted by Crippen LogP contribution is -2.30. The maximum atomic E-state index is 11.7. The Morgan fingerprint density at radius 2 is 2.11 bits per heavy atom. The van der Waals surface area contributed by atoms with E-state index in [4.69, 9.17) is 16.3 Å². The van der Waals surface area contributed by atoms with Gasteiger partial charge in [-0.25, -0.2) is 0 Å². The zero-order chi connectivity index (χ0) is 14.3. The highest BCUT2D eigenvalue weighted by Gasteiger charge is 2.08. The second-order valence-electron chi connectivity index (χ2n) is 4.73. The van der Waals surface area contributed by atoms with Crippen LogP contribution in [0.5, 0.6) is 5.75 Å². The first kappa shape index (κ1) is 15.8. The van der Waals surface area contributed by atoms with Gasteiger partial charge in [0.25, 0.3) is 0 Å². The molecule has 0 saturated carbocycles. The van der Waals surface area contributed by atoms with Gasteiger partial charge in [-0.05, 0) is 37.5 Å². The first-order chi connectivity index (χ1) is 9.04. The van der Waals surface area contributed by atoms with Gasteiger partial charge in [-0.1, -0.05) is 12.1 Å². The highest BCUT2D eigenvalue weighted by Crippen LogP contribution is 2.18. The minimum absolute atomic E-state index is 0.116. The molecule has 0 heterocycles. The summed E-state index contributed by atoms with van der Waals surface area (Å²) < 4.78 is 5.72. The summed E-state index contributed by atoms with van der Waals surface area (Å²) in [7, 11) is 1.79. The van der Waals surface area contributed by atoms with Crippen molar-refractivity contribution in [2.45, 2.75) is 26.7 Å². The summed E-state index contributed by atoms with van der Waals surface area (Å²) in [5, 5.41) is 0. The van der Waals surface area contributed by atoms with Crippen molar-refractivity contribution < 1.29 is 9.53 Å². The lowest BCUT2D eigenvalue weighted by atomic mass is 10.1. The minimum atomic E-state index is 0.116. The highest BCUT2D eigenvalue weighted by atomic mass is 35.5. The number of nitrogens with zero attached hydrogens (tertiary/aromatic N) is 1. The molecule has 0 aliphatic rings. The van der Waals surface area contributed by atoms with Crippen LogP contribution in [0, 0.1) is 13.8 Å². The topological polar surface area (TPSA) is 29.5 Å². The van der Waals surface area contributed by atoms with Crippen molar-refractivity contribution in [1.82, 2.24) is 4.90 Å². The van der Waals surface area contributed by atoms with Gasteiger partial charge in [0.15, 0.2) is 0 Å². The maximum Gasteiger partial charge on any atom is 0.222 e. The highest BCUT2D eigenvalue weighted by molar-refractivity contribution is 6.17. The Kier molecular flexibility index (Phi) is 6.71. The number of carbonyl (C=O) groups is 1. The molecule has 4 heteroatoms. The Morgan fingerprint density at radius 3 is 2.79 bits per heavy atom. The third-order valence-electron chi connectivity index (χ3n) is 2.98. The molecule has 0 fully saturated rings. The number of hydrogen-bond donors (Lipinski definition) is 0. The fourth-order valence-corrected chi connectivity index (χ4v) is 1.82. The number of likely N-dealkylation sites (N-methyl/N-ethyl adjacent to an activating group) is 1. The summed E-state index contributed by atoms with van der Waals surface area (Å²) in [6.45, 7) is 5.15. The molecule has 106 valence electrons. The van der Waals surface area contributed by atoms with E-state index in [0.717, 1.165) is 17.7 Å². The fraction of sp³-hybridized carbons (Fsp3) is 0.533. The van der Waals surface area contributed by atoms with Gasteiger partial charge in [-0.3, -0.25) is 4.79 Å². The number of amides is 1. The Balaban J connectivity index is 2.37. The van der Waals surface area contributed by atoms with E-state index in [9.17, 15) is 4.79 Å². The molecule has 0 aliphatic heterocycles. The van der Waals surface area contributed by atoms with E-state index in [-0.39, 0.29) is 5.91 Å². The second kappa shape index (κ2) is 8.05. The SMILES string of the molecule is Cc1ccc(C)c(OCCN(C)C(=O)CCCCl)c1. The van der Waals surface area contributed by atoms with Crippen LogP contribution in [0.4, 0.5) is 0 Å². The number of hydrogen-bond acceptors (Lipinski definition) is 2. The average Bonchev–Trinajstić information content (AvgIpc) is 2.39. The summed E-state index contributed by atoms with van der Waals surface area (Å²) in [5.41, 5.74) is 2.29. The Hall–Kier alpha value is -1.22. The number of aryl methyl sites for hydroxylation is 2. The van der Waals surface area contributed by atoms with Gasteiger partial charge in [-0.15, -0.1) is 11.6 Å². The van der Waals surface area contributed by atoms with E-state index < -0.39 is 0 Å². The van der Waals surface area contributed by atoms with Crippen molar-refractivity contribution in [3.05, 3.63) is 29.3 Å². The molecule has 0 aliphatic carbocycles. The van der Waals surface area contributed by atoms with Gasteiger partial charge in [0.05, 0.1) is 6.54 Å². The maximum absolute atomic E-state index is 11.7. The van der Waals surface area contributed by atoms with Crippen LogP contribution in [0.15, 0.2) is 18.2 Å². The molecule has 0 bridgehead atoms. The Bertz CT molecular complexity index is 421. The number of rotatable bonds is 7. The molecule has 0 N–H and O–H groups in total. The van der Waals surface area contributed by atoms with Crippen LogP contribution in [0.3, 0.4) is 0 Å². The quantitative estimate of drug-likeness (QED) is 0.720. The lowest BCUT2D eigenvalue weighted by Gasteiger charge is -2.18. The molecule has 1 amide bonds. The first-order valence-corrected chi connectivity index (χ1v) is 7.08. The van der Waals surface area contributed by atoms with Crippen molar-refractivity contribution >= 4 is 17.5 Å². The normalized spacial score (nSPS) is 10.3. The smallest absolute Gasteiger partial charge is 0.222 e. The zero-order valence-corrected chi connectivity index (χ0v) is 12.7. The third-order valence-corrected chi connectivity index (χ3v) is 3.25. The molecule has 3 nitrogen and oxygen atoms in total. The Morgan fingerprint density at radius 1 is 1.37 bits per heavy atom. The van der Waals surface area contributed by atoms with E-state index in [1.165, 1.54) is 5.56 Å². The molecular weight excluding hydrogens is 262 g/mol. The van der Waals surface area contributed by atoms with Crippen LogP contribution in [0.2, 0.25) is 0 Å². The fourth-order valence-electron chi connectivity index (χ4n) is 1.69. The van der Waals surface area contributed by atoms with E-state index in [2.05, 4.69) is 6.07 Å². The minimum Gasteiger partial charge on any atom is -0.491 e. The van der Waals surface area contributed by atoms with Crippen molar-refractivity contribution in [2.75, 3.05) is 26.1 Å². The van der Waals surface area contributed by atoms with Gasteiger partial charge in [-0.2, -0.15) is 0 Å². The predicted molar refractivity (Wildman–Crippen MR) is 79.0 cm³/mol. The summed E-state index contributed by atoms with van der Waals surface area (Å²) in [5.74, 6) is 1.53. The predicted octanol–water partition coefficient (Wildman–Crippen LogP) is 3.16. The number of benzene rings is 1. The monoisotopic (exact) mass is 283 g/mol. The van der Waals surface area contributed by atoms with Crippen molar-refractivity contribution in [1.29, 1.82) is 0 Å². The van der Waals surface area contributed by atoms with Crippen molar-refractivity contribution in [3.63, 3.8) is 0 Å². The molecular formula is C15H22ClNO2. The average molecular weight is 284 g/mol. The van der Waals surface area contributed by atoms with E-state index in [1.54, 1.807) is 11.9 Å². The summed E-state index contributed by atoms with van der Waals surface area (Å²) in [6.07, 6.45) is 1.23. The van der Waals surface area contributed by atoms with Crippen LogP contribution in [0.1, 0.15) is 24.0 Å². The van der Waals surface area contributed by atoms with E-state index in [0.29, 0.717) is 25.5 Å². The lowest BCUT2D eigenvalue weighted by molar-refractivity contribution is -0.130. The molecule has 0 atom stereocenters. The summed E-state index contributed by atoms with van der Waals surface area (Å²) in [4.78, 5) is 13.4. The van der Waals surface area contributed by atoms with Gasteiger partial charge in [0.2, 0.25) is 5.91 Å². The Labute approximate surface area is 120 Å². The number of carbonyl (C=O) groups excluding carboxylic acids is 1. The van der Waals surface area contributed by atoms with E-state index in [1.807, 2.05) is 26.0 Å². The summed E-state index contributed by atoms with van der Waals surface area (Å²) >= 11 is 5.57.